The maximum absolute atomic E-state index is 13.9. The van der Waals surface area contributed by atoms with Gasteiger partial charge in [-0.15, -0.1) is 0 Å². The number of nitrogens with zero attached hydrogens (tertiary/aromatic N) is 1. The Morgan fingerprint density at radius 3 is 2.32 bits per heavy atom. The molecule has 10 heteroatoms. The molecule has 6 nitrogen and oxygen atoms in total. The Kier molecular flexibility index (Phi) is 6.88. The van der Waals surface area contributed by atoms with Crippen LogP contribution < -0.4 is 16.1 Å². The minimum absolute atomic E-state index is 0.212. The molecule has 0 aliphatic heterocycles. The number of rotatable bonds is 5. The Morgan fingerprint density at radius 1 is 0.839 bits per heavy atom. The molecule has 3 N–H and O–H groups in total. The molecule has 0 unspecified atom stereocenters. The van der Waals surface area contributed by atoms with Crippen molar-refractivity contribution in [2.24, 2.45) is 5.10 Å². The van der Waals surface area contributed by atoms with Crippen LogP contribution in [0, 0.1) is 17.5 Å². The molecule has 0 bridgehead atoms. The number of benzene rings is 3. The van der Waals surface area contributed by atoms with Gasteiger partial charge >= 0.3 is 11.8 Å². The summed E-state index contributed by atoms with van der Waals surface area (Å²) in [4.78, 5) is 23.7. The number of hydrazone groups is 1. The summed E-state index contributed by atoms with van der Waals surface area (Å²) in [5, 5.41) is 8.92. The lowest BCUT2D eigenvalue weighted by Crippen LogP contribution is -2.32. The highest BCUT2D eigenvalue weighted by molar-refractivity contribution is 6.39. The van der Waals surface area contributed by atoms with E-state index >= 15 is 0 Å². The first-order valence-corrected chi connectivity index (χ1v) is 9.12. The normalized spacial score (nSPS) is 10.7. The molecule has 0 saturated heterocycles. The number of hydrogen-bond acceptors (Lipinski definition) is 4. The number of amides is 2. The van der Waals surface area contributed by atoms with Crippen LogP contribution in [0.25, 0.3) is 0 Å². The van der Waals surface area contributed by atoms with Gasteiger partial charge in [-0.05, 0) is 42.5 Å². The molecule has 31 heavy (non-hydrogen) atoms. The molecule has 0 heterocycles. The van der Waals surface area contributed by atoms with Crippen LogP contribution in [0.5, 0.6) is 0 Å². The predicted octanol–water partition coefficient (Wildman–Crippen LogP) is 4.59. The van der Waals surface area contributed by atoms with Crippen molar-refractivity contribution in [3.8, 4) is 0 Å². The summed E-state index contributed by atoms with van der Waals surface area (Å²) in [7, 11) is 0. The first-order valence-electron chi connectivity index (χ1n) is 8.74. The summed E-state index contributed by atoms with van der Waals surface area (Å²) in [6.07, 6.45) is 1.19. The third kappa shape index (κ3) is 5.83. The highest BCUT2D eigenvalue weighted by Crippen LogP contribution is 2.24. The molecule has 0 saturated carbocycles. The summed E-state index contributed by atoms with van der Waals surface area (Å²) >= 11 is 5.98. The molecule has 3 aromatic carbocycles. The van der Waals surface area contributed by atoms with Crippen LogP contribution in [-0.4, -0.2) is 18.0 Å². The molecule has 3 rings (SSSR count). The Labute approximate surface area is 179 Å². The summed E-state index contributed by atoms with van der Waals surface area (Å²) < 4.78 is 40.4. The molecule has 0 radical (unpaired) electrons. The first-order chi connectivity index (χ1) is 14.8. The number of para-hydroxylation sites is 1. The van der Waals surface area contributed by atoms with Crippen molar-refractivity contribution in [3.05, 3.63) is 88.7 Å². The molecule has 2 amide bonds. The van der Waals surface area contributed by atoms with E-state index in [1.165, 1.54) is 24.4 Å². The smallest absolute Gasteiger partial charge is 0.329 e. The Balaban J connectivity index is 1.68. The second kappa shape index (κ2) is 9.77. The van der Waals surface area contributed by atoms with E-state index in [-0.39, 0.29) is 11.4 Å². The fourth-order valence-electron chi connectivity index (χ4n) is 2.44. The fraction of sp³-hybridized carbons (Fsp3) is 0. The van der Waals surface area contributed by atoms with Crippen LogP contribution in [0.3, 0.4) is 0 Å². The van der Waals surface area contributed by atoms with Gasteiger partial charge in [0.2, 0.25) is 0 Å². The maximum atomic E-state index is 13.9. The van der Waals surface area contributed by atoms with Crippen molar-refractivity contribution >= 4 is 46.7 Å². The van der Waals surface area contributed by atoms with Gasteiger partial charge < -0.3 is 10.6 Å². The van der Waals surface area contributed by atoms with Gasteiger partial charge in [-0.3, -0.25) is 9.59 Å². The lowest BCUT2D eigenvalue weighted by Gasteiger charge is -2.10. The van der Waals surface area contributed by atoms with Crippen molar-refractivity contribution < 1.29 is 22.8 Å². The molecule has 0 atom stereocenters. The van der Waals surface area contributed by atoms with Crippen LogP contribution in [0.4, 0.5) is 30.2 Å². The van der Waals surface area contributed by atoms with Gasteiger partial charge in [0.1, 0.15) is 17.5 Å². The van der Waals surface area contributed by atoms with Crippen LogP contribution in [0.15, 0.2) is 65.8 Å². The largest absolute Gasteiger partial charge is 0.353 e. The van der Waals surface area contributed by atoms with Crippen molar-refractivity contribution in [2.75, 3.05) is 10.6 Å². The van der Waals surface area contributed by atoms with E-state index in [1.54, 1.807) is 24.3 Å². The van der Waals surface area contributed by atoms with E-state index in [1.807, 2.05) is 10.7 Å². The monoisotopic (exact) mass is 446 g/mol. The molecule has 0 fully saturated rings. The van der Waals surface area contributed by atoms with Crippen LogP contribution in [-0.2, 0) is 9.59 Å². The molecule has 158 valence electrons. The van der Waals surface area contributed by atoms with Crippen LogP contribution in [0.1, 0.15) is 5.56 Å². The van der Waals surface area contributed by atoms with E-state index in [9.17, 15) is 22.8 Å². The first kappa shape index (κ1) is 21.8. The summed E-state index contributed by atoms with van der Waals surface area (Å²) in [6, 6.07) is 13.2. The predicted molar refractivity (Wildman–Crippen MR) is 112 cm³/mol. The highest BCUT2D eigenvalue weighted by Gasteiger charge is 2.15. The van der Waals surface area contributed by atoms with E-state index in [4.69, 9.17) is 11.6 Å². The van der Waals surface area contributed by atoms with Crippen molar-refractivity contribution in [1.82, 2.24) is 5.43 Å². The molecular weight excluding hydrogens is 433 g/mol. The maximum Gasteiger partial charge on any atom is 0.329 e. The fourth-order valence-corrected chi connectivity index (χ4v) is 2.62. The SMILES string of the molecule is O=C(N/N=C\c1cc(Cl)ccc1Nc1ccccc1F)C(=O)Nc1ccc(F)cc1F. The zero-order valence-electron chi connectivity index (χ0n) is 15.6. The van der Waals surface area contributed by atoms with E-state index < -0.39 is 29.3 Å². The summed E-state index contributed by atoms with van der Waals surface area (Å²) in [6.45, 7) is 0. The molecular formula is C21H14ClF3N4O2. The average molecular weight is 447 g/mol. The van der Waals surface area contributed by atoms with Gasteiger partial charge in [0.25, 0.3) is 0 Å². The third-order valence-corrected chi connectivity index (χ3v) is 4.15. The molecule has 0 aliphatic carbocycles. The highest BCUT2D eigenvalue weighted by atomic mass is 35.5. The zero-order valence-corrected chi connectivity index (χ0v) is 16.4. The second-order valence-electron chi connectivity index (χ2n) is 6.11. The average Bonchev–Trinajstić information content (AvgIpc) is 2.73. The molecule has 0 aliphatic rings. The van der Waals surface area contributed by atoms with Crippen LogP contribution >= 0.6 is 11.6 Å². The minimum Gasteiger partial charge on any atom is -0.353 e. The number of halogens is 4. The van der Waals surface area contributed by atoms with Gasteiger partial charge in [0.05, 0.1) is 17.6 Å². The second-order valence-corrected chi connectivity index (χ2v) is 6.55. The van der Waals surface area contributed by atoms with E-state index in [0.29, 0.717) is 22.3 Å². The van der Waals surface area contributed by atoms with Gasteiger partial charge in [0.15, 0.2) is 0 Å². The van der Waals surface area contributed by atoms with Crippen molar-refractivity contribution in [2.45, 2.75) is 0 Å². The summed E-state index contributed by atoms with van der Waals surface area (Å²) in [5.41, 5.74) is 2.65. The van der Waals surface area contributed by atoms with E-state index in [2.05, 4.69) is 10.4 Å². The minimum atomic E-state index is -1.21. The van der Waals surface area contributed by atoms with Gasteiger partial charge in [-0.1, -0.05) is 23.7 Å². The topological polar surface area (TPSA) is 82.6 Å². The zero-order chi connectivity index (χ0) is 22.4. The molecule has 0 aromatic heterocycles. The summed E-state index contributed by atoms with van der Waals surface area (Å²) in [5.74, 6) is -4.74. The Bertz CT molecular complexity index is 1170. The van der Waals surface area contributed by atoms with Crippen molar-refractivity contribution in [3.63, 3.8) is 0 Å². The van der Waals surface area contributed by atoms with E-state index in [0.717, 1.165) is 12.1 Å². The molecule has 3 aromatic rings. The van der Waals surface area contributed by atoms with Crippen LogP contribution in [0.2, 0.25) is 5.02 Å². The lowest BCUT2D eigenvalue weighted by molar-refractivity contribution is -0.136. The van der Waals surface area contributed by atoms with Gasteiger partial charge in [0, 0.05) is 22.3 Å². The molecule has 0 spiro atoms. The Morgan fingerprint density at radius 2 is 1.58 bits per heavy atom. The third-order valence-electron chi connectivity index (χ3n) is 3.91. The number of carbonyl (C=O) groups is 2. The standard InChI is InChI=1S/C21H14ClF3N4O2/c22-13-5-7-17(27-18-4-2-1-3-15(18)24)12(9-13)11-26-29-21(31)20(30)28-19-8-6-14(23)10-16(19)25/h1-11,27H,(H,28,30)(H,29,31)/b26-11-. The quantitative estimate of drug-likeness (QED) is 0.304. The van der Waals surface area contributed by atoms with Crippen molar-refractivity contribution in [1.29, 1.82) is 0 Å². The number of hydrogen-bond donors (Lipinski definition) is 3. The Hall–Kier alpha value is -3.85. The number of anilines is 3. The lowest BCUT2D eigenvalue weighted by atomic mass is 10.2. The number of carbonyl (C=O) groups excluding carboxylic acids is 2. The van der Waals surface area contributed by atoms with Gasteiger partial charge in [-0.2, -0.15) is 5.10 Å². The number of nitrogens with one attached hydrogen (secondary N) is 3. The van der Waals surface area contributed by atoms with Gasteiger partial charge in [-0.25, -0.2) is 18.6 Å².